The third-order valence-electron chi connectivity index (χ3n) is 9.25. The number of thiazole rings is 1. The van der Waals surface area contributed by atoms with Crippen molar-refractivity contribution in [2.75, 3.05) is 64.5 Å². The number of fused-ring (bicyclic) bond motifs is 1. The molecule has 0 unspecified atom stereocenters. The summed E-state index contributed by atoms with van der Waals surface area (Å²) < 4.78 is 10.8. The van der Waals surface area contributed by atoms with Gasteiger partial charge in [0.15, 0.2) is 10.9 Å². The molecule has 4 aliphatic rings. The Morgan fingerprint density at radius 1 is 1.20 bits per heavy atom. The van der Waals surface area contributed by atoms with Gasteiger partial charge in [-0.1, -0.05) is 30.1 Å². The summed E-state index contributed by atoms with van der Waals surface area (Å²) in [6, 6.07) is 5.07. The number of azide groups is 1. The van der Waals surface area contributed by atoms with Gasteiger partial charge in [-0.3, -0.25) is 19.3 Å². The van der Waals surface area contributed by atoms with Gasteiger partial charge in [0.05, 0.1) is 24.4 Å². The molecule has 4 atom stereocenters. The Morgan fingerprint density at radius 2 is 1.95 bits per heavy atom. The van der Waals surface area contributed by atoms with Gasteiger partial charge < -0.3 is 24.6 Å². The number of carbonyl (C=O) groups is 3. The topological polar surface area (TPSA) is 153 Å². The second kappa shape index (κ2) is 13.6. The molecule has 44 heavy (non-hydrogen) atoms. The van der Waals surface area contributed by atoms with Gasteiger partial charge in [0.25, 0.3) is 5.91 Å². The smallest absolute Gasteiger partial charge is 0.251 e. The summed E-state index contributed by atoms with van der Waals surface area (Å²) in [6.45, 7) is 5.45. The van der Waals surface area contributed by atoms with Crippen LogP contribution in [0.1, 0.15) is 36.0 Å². The molecule has 2 aromatic rings. The van der Waals surface area contributed by atoms with Crippen molar-refractivity contribution in [1.29, 1.82) is 0 Å². The van der Waals surface area contributed by atoms with Crippen LogP contribution in [0.25, 0.3) is 21.7 Å². The molecule has 4 fully saturated rings. The highest BCUT2D eigenvalue weighted by molar-refractivity contribution is 7.14. The number of Topliss-reactive ketones (excluding diaryl/α,β-unsaturated/α-hetero) is 1. The van der Waals surface area contributed by atoms with Gasteiger partial charge in [-0.05, 0) is 36.4 Å². The maximum absolute atomic E-state index is 13.9. The standard InChI is InChI=1S/C30H38N8O5S/c1-42-15-14-36-10-12-37(13-11-36)30-32-23(18-44-30)19-6-8-21(9-7-19)28(40)33-25(20-4-2-3-5-20)29(41)38-16-22(34-35-31)27-26(38)24(39)17-43-27/h6-9,18,20,22,25-27H,2-5,10-17H2,1H3,(H,33,40)/t22-,25-,26+,27-/m0/s1. The number of amides is 2. The molecule has 0 radical (unpaired) electrons. The van der Waals surface area contributed by atoms with E-state index in [4.69, 9.17) is 20.0 Å². The van der Waals surface area contributed by atoms with Crippen molar-refractivity contribution < 1.29 is 23.9 Å². The van der Waals surface area contributed by atoms with Crippen molar-refractivity contribution >= 4 is 34.1 Å². The molecule has 6 rings (SSSR count). The maximum atomic E-state index is 13.9. The third kappa shape index (κ3) is 6.31. The molecule has 1 aromatic heterocycles. The molecule has 234 valence electrons. The molecule has 13 nitrogen and oxygen atoms in total. The second-order valence-electron chi connectivity index (χ2n) is 11.9. The second-order valence-corrected chi connectivity index (χ2v) is 12.7. The number of anilines is 1. The quantitative estimate of drug-likeness (QED) is 0.241. The Balaban J connectivity index is 1.12. The molecular weight excluding hydrogens is 584 g/mol. The van der Waals surface area contributed by atoms with E-state index in [1.54, 1.807) is 30.6 Å². The van der Waals surface area contributed by atoms with E-state index < -0.39 is 24.2 Å². The summed E-state index contributed by atoms with van der Waals surface area (Å²) in [5.74, 6) is -0.902. The number of likely N-dealkylation sites (tertiary alicyclic amines) is 1. The fourth-order valence-corrected chi connectivity index (χ4v) is 7.71. The van der Waals surface area contributed by atoms with Crippen molar-refractivity contribution in [3.05, 3.63) is 45.7 Å². The zero-order chi connectivity index (χ0) is 30.6. The lowest BCUT2D eigenvalue weighted by Gasteiger charge is -2.34. The summed E-state index contributed by atoms with van der Waals surface area (Å²) in [5.41, 5.74) is 11.2. The van der Waals surface area contributed by atoms with Gasteiger partial charge >= 0.3 is 0 Å². The Labute approximate surface area is 260 Å². The predicted molar refractivity (Wildman–Crippen MR) is 164 cm³/mol. The molecule has 1 aromatic carbocycles. The zero-order valence-electron chi connectivity index (χ0n) is 24.8. The Bertz CT molecular complexity index is 1400. The molecule has 1 N–H and O–H groups in total. The SMILES string of the molecule is COCCN1CCN(c2nc(-c3ccc(C(=O)N[C@H](C(=O)N4C[C@H](N=[N+]=[N-])[C@@H]5OCC(=O)[C@H]54)C4CCCC4)cc3)cs2)CC1. The molecule has 3 aliphatic heterocycles. The highest BCUT2D eigenvalue weighted by atomic mass is 32.1. The number of carbonyl (C=O) groups excluding carboxylic acids is 3. The van der Waals surface area contributed by atoms with Crippen LogP contribution >= 0.6 is 11.3 Å². The minimum absolute atomic E-state index is 0.0320. The Hall–Kier alpha value is -3.55. The van der Waals surface area contributed by atoms with E-state index in [9.17, 15) is 14.4 Å². The summed E-state index contributed by atoms with van der Waals surface area (Å²) in [6.07, 6.45) is 2.94. The minimum Gasteiger partial charge on any atom is -0.383 e. The average Bonchev–Trinajstić information content (AvgIpc) is 3.86. The lowest BCUT2D eigenvalue weighted by Crippen LogP contribution is -2.54. The average molecular weight is 623 g/mol. The van der Waals surface area contributed by atoms with Gasteiger partial charge in [-0.25, -0.2) is 4.98 Å². The van der Waals surface area contributed by atoms with Gasteiger partial charge in [0, 0.05) is 67.8 Å². The number of methoxy groups -OCH3 is 1. The van der Waals surface area contributed by atoms with Crippen molar-refractivity contribution in [3.8, 4) is 11.3 Å². The maximum Gasteiger partial charge on any atom is 0.251 e. The van der Waals surface area contributed by atoms with Crippen LogP contribution in [0.2, 0.25) is 0 Å². The number of aromatic nitrogens is 1. The predicted octanol–water partition coefficient (Wildman–Crippen LogP) is 2.72. The first kappa shape index (κ1) is 30.5. The fraction of sp³-hybridized carbons (Fsp3) is 0.600. The number of piperazine rings is 1. The van der Waals surface area contributed by atoms with Gasteiger partial charge in [-0.15, -0.1) is 11.3 Å². The number of nitrogens with one attached hydrogen (secondary N) is 1. The van der Waals surface area contributed by atoms with E-state index in [-0.39, 0.29) is 36.7 Å². The molecule has 0 bridgehead atoms. The summed E-state index contributed by atoms with van der Waals surface area (Å²) in [7, 11) is 1.73. The molecule has 0 spiro atoms. The Kier molecular flexibility index (Phi) is 9.43. The molecule has 2 amide bonds. The van der Waals surface area contributed by atoms with Crippen molar-refractivity contribution in [1.82, 2.24) is 20.1 Å². The number of ketones is 1. The van der Waals surface area contributed by atoms with Crippen LogP contribution < -0.4 is 10.2 Å². The monoisotopic (exact) mass is 622 g/mol. The summed E-state index contributed by atoms with van der Waals surface area (Å²) >= 11 is 1.62. The van der Waals surface area contributed by atoms with Gasteiger partial charge in [0.2, 0.25) is 5.91 Å². The lowest BCUT2D eigenvalue weighted by atomic mass is 9.95. The molecule has 1 saturated carbocycles. The van der Waals surface area contributed by atoms with Crippen molar-refractivity contribution in [3.63, 3.8) is 0 Å². The molecule has 4 heterocycles. The number of hydrogen-bond acceptors (Lipinski definition) is 10. The van der Waals surface area contributed by atoms with E-state index in [0.29, 0.717) is 5.56 Å². The number of hydrogen-bond donors (Lipinski definition) is 1. The fourth-order valence-electron chi connectivity index (χ4n) is 6.82. The highest BCUT2D eigenvalue weighted by Crippen LogP contribution is 2.34. The summed E-state index contributed by atoms with van der Waals surface area (Å²) in [5, 5.41) is 9.81. The number of rotatable bonds is 10. The highest BCUT2D eigenvalue weighted by Gasteiger charge is 2.53. The van der Waals surface area contributed by atoms with Crippen LogP contribution in [0.5, 0.6) is 0 Å². The van der Waals surface area contributed by atoms with Crippen LogP contribution in [-0.4, -0.2) is 116 Å². The van der Waals surface area contributed by atoms with E-state index >= 15 is 0 Å². The lowest BCUT2D eigenvalue weighted by molar-refractivity contribution is -0.139. The number of ether oxygens (including phenoxy) is 2. The molecular formula is C30H38N8O5S. The largest absolute Gasteiger partial charge is 0.383 e. The normalized spacial score (nSPS) is 24.8. The van der Waals surface area contributed by atoms with Crippen molar-refractivity contribution in [2.45, 2.75) is 49.9 Å². The minimum atomic E-state index is -0.791. The van der Waals surface area contributed by atoms with E-state index in [2.05, 4.69) is 25.1 Å². The van der Waals surface area contributed by atoms with E-state index in [1.165, 1.54) is 4.90 Å². The van der Waals surface area contributed by atoms with Gasteiger partial charge in [-0.2, -0.15) is 0 Å². The first-order chi connectivity index (χ1) is 21.5. The zero-order valence-corrected chi connectivity index (χ0v) is 25.7. The number of nitrogens with zero attached hydrogens (tertiary/aromatic N) is 7. The van der Waals surface area contributed by atoms with Gasteiger partial charge in [0.1, 0.15) is 18.7 Å². The third-order valence-corrected chi connectivity index (χ3v) is 10.2. The Morgan fingerprint density at radius 3 is 2.66 bits per heavy atom. The summed E-state index contributed by atoms with van der Waals surface area (Å²) in [4.78, 5) is 54.0. The van der Waals surface area contributed by atoms with Crippen LogP contribution in [-0.2, 0) is 19.1 Å². The van der Waals surface area contributed by atoms with E-state index in [0.717, 1.165) is 81.4 Å². The first-order valence-corrected chi connectivity index (χ1v) is 16.2. The van der Waals surface area contributed by atoms with E-state index in [1.807, 2.05) is 17.5 Å². The molecule has 3 saturated heterocycles. The number of benzene rings is 1. The molecule has 1 aliphatic carbocycles. The van der Waals surface area contributed by atoms with Crippen molar-refractivity contribution in [2.24, 2.45) is 11.0 Å². The van der Waals surface area contributed by atoms with Crippen LogP contribution in [0.4, 0.5) is 5.13 Å². The molecule has 14 heteroatoms. The van der Waals surface area contributed by atoms with Crippen LogP contribution in [0, 0.1) is 5.92 Å². The first-order valence-electron chi connectivity index (χ1n) is 15.3. The van der Waals surface area contributed by atoms with Crippen LogP contribution in [0.15, 0.2) is 34.8 Å². The van der Waals surface area contributed by atoms with Crippen LogP contribution in [0.3, 0.4) is 0 Å².